The summed E-state index contributed by atoms with van der Waals surface area (Å²) in [5, 5.41) is 14.7. The highest BCUT2D eigenvalue weighted by molar-refractivity contribution is 6.06. The Morgan fingerprint density at radius 1 is 0.912 bits per heavy atom. The first-order chi connectivity index (χ1) is 16.5. The van der Waals surface area contributed by atoms with E-state index in [-0.39, 0.29) is 11.8 Å². The van der Waals surface area contributed by atoms with Crippen LogP contribution in [-0.2, 0) is 11.3 Å². The molecule has 3 aromatic carbocycles. The number of aryl methyl sites for hydroxylation is 1. The zero-order valence-electron chi connectivity index (χ0n) is 19.0. The van der Waals surface area contributed by atoms with Gasteiger partial charge in [-0.3, -0.25) is 14.5 Å². The number of nitriles is 1. The molecule has 1 saturated heterocycles. The number of hydrogen-bond donors (Lipinski definition) is 2. The van der Waals surface area contributed by atoms with E-state index in [1.807, 2.05) is 43.3 Å². The Kier molecular flexibility index (Phi) is 7.33. The second-order valence-corrected chi connectivity index (χ2v) is 8.21. The Balaban J connectivity index is 1.39. The minimum atomic E-state index is -0.290. The van der Waals surface area contributed by atoms with Crippen molar-refractivity contribution >= 4 is 23.2 Å². The van der Waals surface area contributed by atoms with Gasteiger partial charge in [-0.15, -0.1) is 0 Å². The van der Waals surface area contributed by atoms with Gasteiger partial charge in [-0.05, 0) is 66.6 Å². The third-order valence-electron chi connectivity index (χ3n) is 5.75. The Hall–Kier alpha value is -3.99. The van der Waals surface area contributed by atoms with Crippen molar-refractivity contribution in [3.8, 4) is 6.07 Å². The van der Waals surface area contributed by atoms with Crippen molar-refractivity contribution in [1.82, 2.24) is 4.90 Å². The number of nitrogens with zero attached hydrogens (tertiary/aromatic N) is 2. The van der Waals surface area contributed by atoms with E-state index in [1.54, 1.807) is 36.4 Å². The van der Waals surface area contributed by atoms with Crippen molar-refractivity contribution < 1.29 is 14.3 Å². The van der Waals surface area contributed by atoms with E-state index in [2.05, 4.69) is 15.5 Å². The number of benzene rings is 3. The average molecular weight is 455 g/mol. The molecule has 2 N–H and O–H groups in total. The molecular formula is C27H26N4O3. The quantitative estimate of drug-likeness (QED) is 0.582. The predicted molar refractivity (Wildman–Crippen MR) is 131 cm³/mol. The van der Waals surface area contributed by atoms with Gasteiger partial charge < -0.3 is 15.4 Å². The van der Waals surface area contributed by atoms with E-state index in [0.29, 0.717) is 28.1 Å². The number of rotatable bonds is 6. The van der Waals surface area contributed by atoms with Gasteiger partial charge in [0.15, 0.2) is 0 Å². The van der Waals surface area contributed by atoms with Crippen LogP contribution in [0.4, 0.5) is 11.4 Å². The van der Waals surface area contributed by atoms with E-state index in [1.165, 1.54) is 0 Å². The fraction of sp³-hybridized carbons (Fsp3) is 0.222. The van der Waals surface area contributed by atoms with Crippen LogP contribution in [0.3, 0.4) is 0 Å². The minimum absolute atomic E-state index is 0.211. The maximum absolute atomic E-state index is 12.8. The monoisotopic (exact) mass is 454 g/mol. The van der Waals surface area contributed by atoms with Crippen molar-refractivity contribution in [2.45, 2.75) is 13.5 Å². The summed E-state index contributed by atoms with van der Waals surface area (Å²) >= 11 is 0. The van der Waals surface area contributed by atoms with Crippen molar-refractivity contribution in [1.29, 1.82) is 5.26 Å². The molecule has 1 aliphatic heterocycles. The largest absolute Gasteiger partial charge is 0.379 e. The Bertz CT molecular complexity index is 1210. The molecule has 0 saturated carbocycles. The first-order valence-electron chi connectivity index (χ1n) is 11.1. The molecule has 1 heterocycles. The fourth-order valence-electron chi connectivity index (χ4n) is 3.71. The molecule has 172 valence electrons. The Morgan fingerprint density at radius 2 is 1.53 bits per heavy atom. The van der Waals surface area contributed by atoms with Crippen LogP contribution in [0.25, 0.3) is 0 Å². The van der Waals surface area contributed by atoms with E-state index < -0.39 is 0 Å². The molecule has 0 aromatic heterocycles. The smallest absolute Gasteiger partial charge is 0.255 e. The highest BCUT2D eigenvalue weighted by Crippen LogP contribution is 2.22. The summed E-state index contributed by atoms with van der Waals surface area (Å²) in [6.07, 6.45) is 0. The van der Waals surface area contributed by atoms with Crippen molar-refractivity contribution in [3.63, 3.8) is 0 Å². The Morgan fingerprint density at radius 3 is 2.18 bits per heavy atom. The number of nitrogens with one attached hydrogen (secondary N) is 2. The third kappa shape index (κ3) is 5.87. The molecule has 4 rings (SSSR count). The Labute approximate surface area is 199 Å². The number of morpholine rings is 1. The molecule has 0 atom stereocenters. The van der Waals surface area contributed by atoms with Gasteiger partial charge in [0, 0.05) is 42.1 Å². The first-order valence-corrected chi connectivity index (χ1v) is 11.1. The number of amides is 2. The summed E-state index contributed by atoms with van der Waals surface area (Å²) in [5.74, 6) is -0.502. The van der Waals surface area contributed by atoms with Crippen LogP contribution in [0.15, 0.2) is 66.7 Å². The number of carbonyl (C=O) groups excluding carboxylic acids is 2. The fourth-order valence-corrected chi connectivity index (χ4v) is 3.71. The number of anilines is 2. The predicted octanol–water partition coefficient (Wildman–Crippen LogP) is 4.20. The molecule has 0 unspecified atom stereocenters. The summed E-state index contributed by atoms with van der Waals surface area (Å²) < 4.78 is 5.39. The maximum atomic E-state index is 12.8. The first kappa shape index (κ1) is 23.2. The maximum Gasteiger partial charge on any atom is 0.255 e. The molecule has 1 aliphatic rings. The molecule has 34 heavy (non-hydrogen) atoms. The summed E-state index contributed by atoms with van der Waals surface area (Å²) in [5.41, 5.74) is 4.73. The van der Waals surface area contributed by atoms with E-state index in [4.69, 9.17) is 10.00 Å². The summed E-state index contributed by atoms with van der Waals surface area (Å²) in [7, 11) is 0. The van der Waals surface area contributed by atoms with Gasteiger partial charge in [-0.1, -0.05) is 18.2 Å². The van der Waals surface area contributed by atoms with Crippen LogP contribution in [-0.4, -0.2) is 43.0 Å². The van der Waals surface area contributed by atoms with Crippen LogP contribution in [0, 0.1) is 18.3 Å². The van der Waals surface area contributed by atoms with Crippen LogP contribution < -0.4 is 10.6 Å². The third-order valence-corrected chi connectivity index (χ3v) is 5.75. The van der Waals surface area contributed by atoms with Crippen molar-refractivity contribution in [3.05, 3.63) is 94.5 Å². The second-order valence-electron chi connectivity index (χ2n) is 8.21. The van der Waals surface area contributed by atoms with Crippen molar-refractivity contribution in [2.24, 2.45) is 0 Å². The summed E-state index contributed by atoms with van der Waals surface area (Å²) in [4.78, 5) is 27.7. The molecule has 3 aromatic rings. The van der Waals surface area contributed by atoms with Gasteiger partial charge in [0.05, 0.1) is 24.8 Å². The van der Waals surface area contributed by atoms with Gasteiger partial charge in [-0.25, -0.2) is 0 Å². The van der Waals surface area contributed by atoms with Gasteiger partial charge in [0.25, 0.3) is 11.8 Å². The van der Waals surface area contributed by atoms with Gasteiger partial charge in [0.1, 0.15) is 0 Å². The molecule has 2 amide bonds. The zero-order valence-corrected chi connectivity index (χ0v) is 19.0. The topological polar surface area (TPSA) is 94.5 Å². The number of hydrogen-bond acceptors (Lipinski definition) is 5. The van der Waals surface area contributed by atoms with Crippen LogP contribution in [0.5, 0.6) is 0 Å². The molecule has 7 heteroatoms. The number of ether oxygens (including phenoxy) is 1. The normalized spacial score (nSPS) is 13.6. The molecule has 0 bridgehead atoms. The van der Waals surface area contributed by atoms with Gasteiger partial charge in [-0.2, -0.15) is 5.26 Å². The van der Waals surface area contributed by atoms with Crippen LogP contribution in [0.2, 0.25) is 0 Å². The van der Waals surface area contributed by atoms with Gasteiger partial charge in [0.2, 0.25) is 0 Å². The van der Waals surface area contributed by atoms with Crippen molar-refractivity contribution in [2.75, 3.05) is 36.9 Å². The van der Waals surface area contributed by atoms with Crippen LogP contribution in [0.1, 0.15) is 37.4 Å². The standard InChI is InChI=1S/C27H26N4O3/c1-19-2-11-24(29-26(32)22-7-3-20(17-28)4-8-22)16-25(19)30-27(33)23-9-5-21(6-10-23)18-31-12-14-34-15-13-31/h2-11,16H,12-15,18H2,1H3,(H,29,32)(H,30,33). The SMILES string of the molecule is Cc1ccc(NC(=O)c2ccc(C#N)cc2)cc1NC(=O)c1ccc(CN2CCOCC2)cc1. The molecule has 0 spiro atoms. The highest BCUT2D eigenvalue weighted by Gasteiger charge is 2.13. The lowest BCUT2D eigenvalue weighted by molar-refractivity contribution is 0.0342. The van der Waals surface area contributed by atoms with E-state index in [9.17, 15) is 9.59 Å². The highest BCUT2D eigenvalue weighted by atomic mass is 16.5. The number of carbonyl (C=O) groups is 2. The molecular weight excluding hydrogens is 428 g/mol. The molecule has 0 radical (unpaired) electrons. The molecule has 0 aliphatic carbocycles. The lowest BCUT2D eigenvalue weighted by Gasteiger charge is -2.26. The van der Waals surface area contributed by atoms with E-state index >= 15 is 0 Å². The van der Waals surface area contributed by atoms with E-state index in [0.717, 1.165) is 44.0 Å². The second kappa shape index (κ2) is 10.8. The lowest BCUT2D eigenvalue weighted by atomic mass is 10.1. The molecule has 1 fully saturated rings. The average Bonchev–Trinajstić information content (AvgIpc) is 2.87. The zero-order chi connectivity index (χ0) is 23.9. The van der Waals surface area contributed by atoms with Crippen LogP contribution >= 0.6 is 0 Å². The lowest BCUT2D eigenvalue weighted by Crippen LogP contribution is -2.35. The minimum Gasteiger partial charge on any atom is -0.379 e. The molecule has 7 nitrogen and oxygen atoms in total. The summed E-state index contributed by atoms with van der Waals surface area (Å²) in [6, 6.07) is 21.4. The summed E-state index contributed by atoms with van der Waals surface area (Å²) in [6.45, 7) is 6.08. The van der Waals surface area contributed by atoms with Gasteiger partial charge >= 0.3 is 0 Å².